The van der Waals surface area contributed by atoms with E-state index in [-0.39, 0.29) is 0 Å². The third-order valence-electron chi connectivity index (χ3n) is 3.02. The van der Waals surface area contributed by atoms with Crippen molar-refractivity contribution in [2.75, 3.05) is 5.73 Å². The highest BCUT2D eigenvalue weighted by Crippen LogP contribution is 2.28. The van der Waals surface area contributed by atoms with Crippen molar-refractivity contribution in [1.82, 2.24) is 4.98 Å². The number of aromatic nitrogens is 1. The second-order valence-corrected chi connectivity index (χ2v) is 5.36. The van der Waals surface area contributed by atoms with E-state index in [0.29, 0.717) is 0 Å². The van der Waals surface area contributed by atoms with Crippen molar-refractivity contribution >= 4 is 28.4 Å². The highest BCUT2D eigenvalue weighted by Gasteiger charge is 2.05. The fraction of sp³-hybridized carbons (Fsp3) is 0.0625. The first-order valence-corrected chi connectivity index (χ1v) is 7.13. The summed E-state index contributed by atoms with van der Waals surface area (Å²) in [6.07, 6.45) is 1.82. The SMILES string of the molecule is Nc1ccc(CSc2ccccc2)c2ncccc12. The molecule has 1 aromatic heterocycles. The molecule has 0 saturated carbocycles. The van der Waals surface area contributed by atoms with Crippen LogP contribution in [0.2, 0.25) is 0 Å². The summed E-state index contributed by atoms with van der Waals surface area (Å²) < 4.78 is 0. The van der Waals surface area contributed by atoms with Crippen molar-refractivity contribution in [3.8, 4) is 0 Å². The lowest BCUT2D eigenvalue weighted by atomic mass is 10.1. The summed E-state index contributed by atoms with van der Waals surface area (Å²) in [5, 5.41) is 1.04. The van der Waals surface area contributed by atoms with Crippen LogP contribution >= 0.6 is 11.8 Å². The van der Waals surface area contributed by atoms with E-state index >= 15 is 0 Å². The Kier molecular flexibility index (Phi) is 3.38. The minimum absolute atomic E-state index is 0.788. The van der Waals surface area contributed by atoms with Gasteiger partial charge in [0.1, 0.15) is 0 Å². The lowest BCUT2D eigenvalue weighted by molar-refractivity contribution is 1.34. The van der Waals surface area contributed by atoms with Gasteiger partial charge in [0.25, 0.3) is 0 Å². The van der Waals surface area contributed by atoms with E-state index in [2.05, 4.69) is 35.3 Å². The molecular formula is C16H14N2S. The van der Waals surface area contributed by atoms with E-state index in [0.717, 1.165) is 22.3 Å². The fourth-order valence-corrected chi connectivity index (χ4v) is 2.95. The smallest absolute Gasteiger partial charge is 0.0763 e. The predicted octanol–water partition coefficient (Wildman–Crippen LogP) is 4.11. The van der Waals surface area contributed by atoms with Crippen LogP contribution < -0.4 is 5.73 Å². The molecule has 94 valence electrons. The largest absolute Gasteiger partial charge is 0.398 e. The quantitative estimate of drug-likeness (QED) is 0.573. The van der Waals surface area contributed by atoms with Gasteiger partial charge in [0.05, 0.1) is 5.52 Å². The van der Waals surface area contributed by atoms with Crippen molar-refractivity contribution in [2.24, 2.45) is 0 Å². The molecule has 1 heterocycles. The van der Waals surface area contributed by atoms with Crippen LogP contribution in [-0.2, 0) is 5.75 Å². The second kappa shape index (κ2) is 5.33. The lowest BCUT2D eigenvalue weighted by Crippen LogP contribution is -1.92. The maximum Gasteiger partial charge on any atom is 0.0763 e. The third kappa shape index (κ3) is 2.56. The van der Waals surface area contributed by atoms with Crippen LogP contribution in [0, 0.1) is 0 Å². The zero-order valence-corrected chi connectivity index (χ0v) is 11.2. The zero-order valence-electron chi connectivity index (χ0n) is 10.4. The molecule has 0 saturated heterocycles. The highest BCUT2D eigenvalue weighted by molar-refractivity contribution is 7.98. The number of pyridine rings is 1. The van der Waals surface area contributed by atoms with E-state index in [1.54, 1.807) is 0 Å². The van der Waals surface area contributed by atoms with Crippen molar-refractivity contribution in [2.45, 2.75) is 10.6 Å². The topological polar surface area (TPSA) is 38.9 Å². The molecule has 0 unspecified atom stereocenters. The van der Waals surface area contributed by atoms with Crippen LogP contribution in [0.5, 0.6) is 0 Å². The number of thioether (sulfide) groups is 1. The molecule has 0 aliphatic rings. The molecule has 0 bridgehead atoms. The van der Waals surface area contributed by atoms with Gasteiger partial charge in [-0.3, -0.25) is 4.98 Å². The minimum atomic E-state index is 0.788. The number of benzene rings is 2. The molecular weight excluding hydrogens is 252 g/mol. The Balaban J connectivity index is 1.91. The molecule has 2 aromatic carbocycles. The zero-order chi connectivity index (χ0) is 13.1. The third-order valence-corrected chi connectivity index (χ3v) is 4.09. The number of anilines is 1. The van der Waals surface area contributed by atoms with Gasteiger partial charge in [-0.2, -0.15) is 0 Å². The number of fused-ring (bicyclic) bond motifs is 1. The minimum Gasteiger partial charge on any atom is -0.398 e. The van der Waals surface area contributed by atoms with Crippen LogP contribution in [0.15, 0.2) is 65.7 Å². The lowest BCUT2D eigenvalue weighted by Gasteiger charge is -2.07. The molecule has 19 heavy (non-hydrogen) atoms. The molecule has 3 heteroatoms. The summed E-state index contributed by atoms with van der Waals surface area (Å²) in [6.45, 7) is 0. The van der Waals surface area contributed by atoms with Gasteiger partial charge in [-0.15, -0.1) is 11.8 Å². The van der Waals surface area contributed by atoms with Crippen molar-refractivity contribution in [3.63, 3.8) is 0 Å². The van der Waals surface area contributed by atoms with Gasteiger partial charge in [-0.1, -0.05) is 24.3 Å². The Morgan fingerprint density at radius 1 is 0.947 bits per heavy atom. The first-order chi connectivity index (χ1) is 9.34. The Bertz CT molecular complexity index is 695. The monoisotopic (exact) mass is 266 g/mol. The number of hydrogen-bond donors (Lipinski definition) is 1. The summed E-state index contributed by atoms with van der Waals surface area (Å²) in [5.74, 6) is 0.901. The van der Waals surface area contributed by atoms with Crippen molar-refractivity contribution < 1.29 is 0 Å². The standard InChI is InChI=1S/C16H14N2S/c17-15-9-8-12(16-14(15)7-4-10-18-16)11-19-13-5-2-1-3-6-13/h1-10H,11,17H2. The van der Waals surface area contributed by atoms with E-state index in [4.69, 9.17) is 5.73 Å². The van der Waals surface area contributed by atoms with Crippen LogP contribution in [0.25, 0.3) is 10.9 Å². The Morgan fingerprint density at radius 3 is 2.63 bits per heavy atom. The molecule has 0 amide bonds. The molecule has 0 radical (unpaired) electrons. The normalized spacial score (nSPS) is 10.7. The van der Waals surface area contributed by atoms with Crippen LogP contribution in [-0.4, -0.2) is 4.98 Å². The summed E-state index contributed by atoms with van der Waals surface area (Å²) in [5.41, 5.74) is 9.00. The molecule has 0 aliphatic heterocycles. The maximum atomic E-state index is 5.99. The van der Waals surface area contributed by atoms with Gasteiger partial charge in [0.15, 0.2) is 0 Å². The predicted molar refractivity (Wildman–Crippen MR) is 82.2 cm³/mol. The molecule has 2 nitrogen and oxygen atoms in total. The number of hydrogen-bond acceptors (Lipinski definition) is 3. The van der Waals surface area contributed by atoms with Crippen LogP contribution in [0.3, 0.4) is 0 Å². The molecule has 0 fully saturated rings. The van der Waals surface area contributed by atoms with Crippen molar-refractivity contribution in [1.29, 1.82) is 0 Å². The summed E-state index contributed by atoms with van der Waals surface area (Å²) in [6, 6.07) is 18.4. The van der Waals surface area contributed by atoms with E-state index in [1.165, 1.54) is 10.5 Å². The number of nitrogens with two attached hydrogens (primary N) is 1. The van der Waals surface area contributed by atoms with Crippen LogP contribution in [0.1, 0.15) is 5.56 Å². The average molecular weight is 266 g/mol. The number of rotatable bonds is 3. The number of nitrogens with zero attached hydrogens (tertiary/aromatic N) is 1. The van der Waals surface area contributed by atoms with Gasteiger partial charge >= 0.3 is 0 Å². The van der Waals surface area contributed by atoms with E-state index < -0.39 is 0 Å². The Hall–Kier alpha value is -2.00. The van der Waals surface area contributed by atoms with E-state index in [1.807, 2.05) is 42.2 Å². The summed E-state index contributed by atoms with van der Waals surface area (Å²) in [7, 11) is 0. The Labute approximate surface area is 116 Å². The fourth-order valence-electron chi connectivity index (χ4n) is 2.05. The summed E-state index contributed by atoms with van der Waals surface area (Å²) >= 11 is 1.81. The van der Waals surface area contributed by atoms with Gasteiger partial charge in [0, 0.05) is 27.9 Å². The van der Waals surface area contributed by atoms with Gasteiger partial charge in [-0.25, -0.2) is 0 Å². The molecule has 0 aliphatic carbocycles. The maximum absolute atomic E-state index is 5.99. The molecule has 2 N–H and O–H groups in total. The molecule has 0 spiro atoms. The molecule has 3 aromatic rings. The highest BCUT2D eigenvalue weighted by atomic mass is 32.2. The average Bonchev–Trinajstić information content (AvgIpc) is 2.48. The summed E-state index contributed by atoms with van der Waals surface area (Å²) in [4.78, 5) is 5.73. The van der Waals surface area contributed by atoms with Crippen molar-refractivity contribution in [3.05, 3.63) is 66.4 Å². The second-order valence-electron chi connectivity index (χ2n) is 4.32. The van der Waals surface area contributed by atoms with Crippen LogP contribution in [0.4, 0.5) is 5.69 Å². The first kappa shape index (κ1) is 12.1. The Morgan fingerprint density at radius 2 is 1.79 bits per heavy atom. The van der Waals surface area contributed by atoms with E-state index in [9.17, 15) is 0 Å². The van der Waals surface area contributed by atoms with Gasteiger partial charge in [-0.05, 0) is 35.9 Å². The van der Waals surface area contributed by atoms with Gasteiger partial charge in [0.2, 0.25) is 0 Å². The first-order valence-electron chi connectivity index (χ1n) is 6.14. The number of nitrogen functional groups attached to an aromatic ring is 1. The van der Waals surface area contributed by atoms with Gasteiger partial charge < -0.3 is 5.73 Å². The molecule has 3 rings (SSSR count). The molecule has 0 atom stereocenters.